The fourth-order valence-corrected chi connectivity index (χ4v) is 2.92. The quantitative estimate of drug-likeness (QED) is 0.829. The van der Waals surface area contributed by atoms with E-state index in [0.717, 1.165) is 5.56 Å². The van der Waals surface area contributed by atoms with Gasteiger partial charge < -0.3 is 5.73 Å². The van der Waals surface area contributed by atoms with Crippen molar-refractivity contribution in [3.63, 3.8) is 0 Å². The van der Waals surface area contributed by atoms with Gasteiger partial charge >= 0.3 is 6.18 Å². The molecular weight excluding hydrogens is 273 g/mol. The topological polar surface area (TPSA) is 29.3 Å². The summed E-state index contributed by atoms with van der Waals surface area (Å²) in [7, 11) is 0. The molecule has 6 heteroatoms. The third-order valence-electron chi connectivity index (χ3n) is 3.05. The molecule has 2 N–H and O–H groups in total. The largest absolute Gasteiger partial charge is 0.401 e. The first-order valence-electron chi connectivity index (χ1n) is 6.47. The van der Waals surface area contributed by atoms with E-state index >= 15 is 0 Å². The van der Waals surface area contributed by atoms with Crippen molar-refractivity contribution in [3.8, 4) is 0 Å². The molecule has 110 valence electrons. The molecule has 0 aliphatic rings. The Morgan fingerprint density at radius 3 is 2.47 bits per heavy atom. The van der Waals surface area contributed by atoms with Gasteiger partial charge in [0.05, 0.1) is 12.6 Å². The highest BCUT2D eigenvalue weighted by Gasteiger charge is 2.35. The van der Waals surface area contributed by atoms with Crippen LogP contribution in [-0.2, 0) is 0 Å². The molecule has 0 aliphatic heterocycles. The maximum atomic E-state index is 12.7. The van der Waals surface area contributed by atoms with Gasteiger partial charge in [0.15, 0.2) is 0 Å². The second-order valence-corrected chi connectivity index (χ2v) is 5.44. The number of thiophene rings is 1. The van der Waals surface area contributed by atoms with Crippen LogP contribution in [0.3, 0.4) is 0 Å². The Bertz CT molecular complexity index is 351. The van der Waals surface area contributed by atoms with Crippen LogP contribution in [0.15, 0.2) is 16.8 Å². The lowest BCUT2D eigenvalue weighted by Gasteiger charge is -2.35. The van der Waals surface area contributed by atoms with Crippen molar-refractivity contribution < 1.29 is 13.2 Å². The Hall–Kier alpha value is -0.590. The second-order valence-electron chi connectivity index (χ2n) is 4.66. The molecule has 0 bridgehead atoms. The van der Waals surface area contributed by atoms with Crippen LogP contribution in [0, 0.1) is 0 Å². The van der Waals surface area contributed by atoms with Crippen molar-refractivity contribution in [1.29, 1.82) is 0 Å². The second kappa shape index (κ2) is 7.26. The molecule has 2 nitrogen and oxygen atoms in total. The minimum absolute atomic E-state index is 0.288. The number of nitrogens with two attached hydrogens (primary N) is 1. The molecule has 1 rings (SSSR count). The van der Waals surface area contributed by atoms with E-state index in [0.29, 0.717) is 19.4 Å². The van der Waals surface area contributed by atoms with E-state index in [-0.39, 0.29) is 12.1 Å². The number of hydrogen-bond acceptors (Lipinski definition) is 3. The number of rotatable bonds is 7. The fraction of sp³-hybridized carbons (Fsp3) is 0.692. The zero-order valence-corrected chi connectivity index (χ0v) is 12.1. The SMILES string of the molecule is CCCN(CC(F)(F)F)C(c1ccsc1)C(N)CC. The van der Waals surface area contributed by atoms with Crippen molar-refractivity contribution in [2.24, 2.45) is 5.73 Å². The first-order chi connectivity index (χ1) is 8.89. The van der Waals surface area contributed by atoms with Crippen molar-refractivity contribution >= 4 is 11.3 Å². The maximum Gasteiger partial charge on any atom is 0.401 e. The highest BCUT2D eigenvalue weighted by Crippen LogP contribution is 2.30. The van der Waals surface area contributed by atoms with Gasteiger partial charge in [-0.15, -0.1) is 0 Å². The first kappa shape index (κ1) is 16.5. The van der Waals surface area contributed by atoms with Crippen LogP contribution in [0.4, 0.5) is 13.2 Å². The molecule has 0 saturated carbocycles. The molecule has 1 heterocycles. The van der Waals surface area contributed by atoms with Gasteiger partial charge in [0.2, 0.25) is 0 Å². The summed E-state index contributed by atoms with van der Waals surface area (Å²) < 4.78 is 38.2. The lowest BCUT2D eigenvalue weighted by molar-refractivity contribution is -0.152. The smallest absolute Gasteiger partial charge is 0.326 e. The van der Waals surface area contributed by atoms with E-state index in [2.05, 4.69) is 0 Å². The van der Waals surface area contributed by atoms with Crippen LogP contribution in [0.2, 0.25) is 0 Å². The number of nitrogens with zero attached hydrogens (tertiary/aromatic N) is 1. The molecule has 19 heavy (non-hydrogen) atoms. The van der Waals surface area contributed by atoms with E-state index < -0.39 is 12.7 Å². The van der Waals surface area contributed by atoms with Gasteiger partial charge in [0.25, 0.3) is 0 Å². The minimum Gasteiger partial charge on any atom is -0.326 e. The first-order valence-corrected chi connectivity index (χ1v) is 7.41. The standard InChI is InChI=1S/C13H21F3N2S/c1-3-6-18(9-13(14,15)16)12(11(17)4-2)10-5-7-19-8-10/h5,7-8,11-12H,3-4,6,9,17H2,1-2H3. The lowest BCUT2D eigenvalue weighted by atomic mass is 9.98. The van der Waals surface area contributed by atoms with E-state index in [4.69, 9.17) is 5.73 Å². The summed E-state index contributed by atoms with van der Waals surface area (Å²) in [6.07, 6.45) is -2.87. The Labute approximate surface area is 116 Å². The third kappa shape index (κ3) is 5.12. The van der Waals surface area contributed by atoms with Gasteiger partial charge in [-0.05, 0) is 41.8 Å². The monoisotopic (exact) mass is 294 g/mol. The lowest BCUT2D eigenvalue weighted by Crippen LogP contribution is -2.45. The molecule has 0 saturated heterocycles. The van der Waals surface area contributed by atoms with Gasteiger partial charge in [-0.1, -0.05) is 13.8 Å². The molecule has 0 aromatic carbocycles. The summed E-state index contributed by atoms with van der Waals surface area (Å²) in [5.74, 6) is 0. The molecule has 0 radical (unpaired) electrons. The highest BCUT2D eigenvalue weighted by atomic mass is 32.1. The van der Waals surface area contributed by atoms with Crippen LogP contribution in [0.5, 0.6) is 0 Å². The molecule has 2 unspecified atom stereocenters. The summed E-state index contributed by atoms with van der Waals surface area (Å²) in [4.78, 5) is 1.45. The van der Waals surface area contributed by atoms with E-state index in [9.17, 15) is 13.2 Å². The molecule has 1 aromatic heterocycles. The zero-order chi connectivity index (χ0) is 14.5. The van der Waals surface area contributed by atoms with Gasteiger partial charge in [0.1, 0.15) is 0 Å². The Morgan fingerprint density at radius 2 is 2.05 bits per heavy atom. The van der Waals surface area contributed by atoms with Gasteiger partial charge in [-0.25, -0.2) is 0 Å². The Morgan fingerprint density at radius 1 is 1.37 bits per heavy atom. The van der Waals surface area contributed by atoms with E-state index in [1.165, 1.54) is 16.2 Å². The predicted molar refractivity (Wildman–Crippen MR) is 73.2 cm³/mol. The minimum atomic E-state index is -4.20. The van der Waals surface area contributed by atoms with Crippen molar-refractivity contribution in [2.45, 2.75) is 44.9 Å². The average Bonchev–Trinajstić information content (AvgIpc) is 2.80. The van der Waals surface area contributed by atoms with Crippen LogP contribution < -0.4 is 5.73 Å². The Kier molecular flexibility index (Phi) is 6.29. The highest BCUT2D eigenvalue weighted by molar-refractivity contribution is 7.07. The van der Waals surface area contributed by atoms with Crippen molar-refractivity contribution in [2.75, 3.05) is 13.1 Å². The van der Waals surface area contributed by atoms with Crippen LogP contribution in [0.25, 0.3) is 0 Å². The van der Waals surface area contributed by atoms with Crippen molar-refractivity contribution in [1.82, 2.24) is 4.90 Å². The van der Waals surface area contributed by atoms with Gasteiger partial charge in [-0.2, -0.15) is 24.5 Å². The van der Waals surface area contributed by atoms with Crippen LogP contribution in [0.1, 0.15) is 38.3 Å². The molecule has 2 atom stereocenters. The van der Waals surface area contributed by atoms with Gasteiger partial charge in [0, 0.05) is 6.04 Å². The zero-order valence-electron chi connectivity index (χ0n) is 11.3. The van der Waals surface area contributed by atoms with Crippen LogP contribution >= 0.6 is 11.3 Å². The molecule has 1 aromatic rings. The van der Waals surface area contributed by atoms with Crippen LogP contribution in [-0.4, -0.2) is 30.2 Å². The number of hydrogen-bond donors (Lipinski definition) is 1. The third-order valence-corrected chi connectivity index (χ3v) is 3.75. The molecular formula is C13H21F3N2S. The maximum absolute atomic E-state index is 12.7. The number of alkyl halides is 3. The Balaban J connectivity index is 2.97. The van der Waals surface area contributed by atoms with Crippen molar-refractivity contribution in [3.05, 3.63) is 22.4 Å². The summed E-state index contributed by atoms with van der Waals surface area (Å²) >= 11 is 1.49. The molecule has 0 amide bonds. The summed E-state index contributed by atoms with van der Waals surface area (Å²) in [5, 5.41) is 3.77. The molecule has 0 aliphatic carbocycles. The van der Waals surface area contributed by atoms with E-state index in [1.807, 2.05) is 30.7 Å². The fourth-order valence-electron chi connectivity index (χ4n) is 2.23. The number of halogens is 3. The molecule has 0 spiro atoms. The summed E-state index contributed by atoms with van der Waals surface area (Å²) in [6.45, 7) is 3.27. The summed E-state index contributed by atoms with van der Waals surface area (Å²) in [5.41, 5.74) is 6.94. The van der Waals surface area contributed by atoms with Gasteiger partial charge in [-0.3, -0.25) is 4.90 Å². The predicted octanol–water partition coefficient (Wildman–Crippen LogP) is 3.80. The summed E-state index contributed by atoms with van der Waals surface area (Å²) in [6, 6.07) is 1.21. The normalized spacial score (nSPS) is 15.7. The average molecular weight is 294 g/mol. The molecule has 0 fully saturated rings. The van der Waals surface area contributed by atoms with E-state index in [1.54, 1.807) is 0 Å².